The van der Waals surface area contributed by atoms with Crippen LogP contribution in [0.2, 0.25) is 0 Å². The molecule has 2 atom stereocenters. The average molecular weight is 594 g/mol. The smallest absolute Gasteiger partial charge is 0.270 e. The first-order valence-electron chi connectivity index (χ1n) is 15.7. The normalized spacial score (nSPS) is 17.9. The summed E-state index contributed by atoms with van der Waals surface area (Å²) in [6.07, 6.45) is 8.49. The van der Waals surface area contributed by atoms with Crippen LogP contribution in [0.25, 0.3) is 0 Å². The van der Waals surface area contributed by atoms with Crippen LogP contribution in [0.1, 0.15) is 73.5 Å². The predicted molar refractivity (Wildman–Crippen MR) is 164 cm³/mol. The molecule has 43 heavy (non-hydrogen) atoms. The third-order valence-corrected chi connectivity index (χ3v) is 8.69. The van der Waals surface area contributed by atoms with Gasteiger partial charge in [-0.15, -0.1) is 0 Å². The van der Waals surface area contributed by atoms with Gasteiger partial charge in [-0.25, -0.2) is 0 Å². The molecule has 2 fully saturated rings. The minimum Gasteiger partial charge on any atom is -0.350 e. The lowest BCUT2D eigenvalue weighted by molar-refractivity contribution is -0.137. The van der Waals surface area contributed by atoms with Crippen LogP contribution in [-0.2, 0) is 34.4 Å². The van der Waals surface area contributed by atoms with E-state index in [0.29, 0.717) is 38.2 Å². The van der Waals surface area contributed by atoms with Crippen molar-refractivity contribution in [1.82, 2.24) is 35.5 Å². The standard InChI is InChI=1S/C32H47N7O4/c1-4-28(40)35-26(32(43)39-19-17-37(2)18-20-39)21-23-11-13-24(14-12-23)22-33-31(42)29(25-9-7-5-6-8-10-25)36-30(41)27-15-16-34-38(27)3/h11-16,25-26,29H,4-10,17-22H2,1-3H3,(H,33,42)(H,35,40)(H,36,41). The van der Waals surface area contributed by atoms with Crippen molar-refractivity contribution in [3.8, 4) is 0 Å². The number of piperazine rings is 1. The Morgan fingerprint density at radius 2 is 1.53 bits per heavy atom. The van der Waals surface area contributed by atoms with Crippen LogP contribution in [0.3, 0.4) is 0 Å². The van der Waals surface area contributed by atoms with Gasteiger partial charge in [0.15, 0.2) is 0 Å². The summed E-state index contributed by atoms with van der Waals surface area (Å²) in [5.41, 5.74) is 2.26. The van der Waals surface area contributed by atoms with Gasteiger partial charge in [-0.3, -0.25) is 23.9 Å². The number of carbonyl (C=O) groups is 4. The minimum atomic E-state index is -0.622. The summed E-state index contributed by atoms with van der Waals surface area (Å²) >= 11 is 0. The lowest BCUT2D eigenvalue weighted by atomic mass is 9.91. The highest BCUT2D eigenvalue weighted by molar-refractivity contribution is 5.96. The van der Waals surface area contributed by atoms with Crippen molar-refractivity contribution in [3.63, 3.8) is 0 Å². The Bertz CT molecular complexity index is 1230. The van der Waals surface area contributed by atoms with E-state index in [0.717, 1.165) is 62.7 Å². The van der Waals surface area contributed by atoms with E-state index in [1.165, 1.54) is 4.68 Å². The van der Waals surface area contributed by atoms with Crippen molar-refractivity contribution in [1.29, 1.82) is 0 Å². The fraction of sp³-hybridized carbons (Fsp3) is 0.594. The highest BCUT2D eigenvalue weighted by atomic mass is 16.2. The number of aromatic nitrogens is 2. The van der Waals surface area contributed by atoms with E-state index in [1.807, 2.05) is 36.2 Å². The van der Waals surface area contributed by atoms with Crippen LogP contribution >= 0.6 is 0 Å². The second kappa shape index (κ2) is 15.7. The molecule has 4 rings (SSSR count). The number of carbonyl (C=O) groups excluding carboxylic acids is 4. The minimum absolute atomic E-state index is 0.0519. The number of aryl methyl sites for hydroxylation is 1. The first-order chi connectivity index (χ1) is 20.7. The third-order valence-electron chi connectivity index (χ3n) is 8.69. The van der Waals surface area contributed by atoms with Gasteiger partial charge in [0.1, 0.15) is 17.8 Å². The predicted octanol–water partition coefficient (Wildman–Crippen LogP) is 2.02. The van der Waals surface area contributed by atoms with Crippen LogP contribution in [0, 0.1) is 5.92 Å². The Kier molecular flexibility index (Phi) is 11.7. The molecule has 1 aromatic heterocycles. The Morgan fingerprint density at radius 3 is 2.14 bits per heavy atom. The molecule has 2 aliphatic rings. The van der Waals surface area contributed by atoms with E-state index in [2.05, 4.69) is 25.9 Å². The van der Waals surface area contributed by atoms with Gasteiger partial charge in [-0.2, -0.15) is 5.10 Å². The molecule has 0 radical (unpaired) electrons. The molecule has 0 spiro atoms. The molecule has 1 aliphatic heterocycles. The van der Waals surface area contributed by atoms with Gasteiger partial charge in [-0.1, -0.05) is 56.9 Å². The average Bonchev–Trinajstić information content (AvgIpc) is 3.27. The van der Waals surface area contributed by atoms with Crippen LogP contribution < -0.4 is 16.0 Å². The molecule has 3 N–H and O–H groups in total. The summed E-state index contributed by atoms with van der Waals surface area (Å²) < 4.78 is 1.51. The number of likely N-dealkylation sites (N-methyl/N-ethyl adjacent to an activating group) is 1. The van der Waals surface area contributed by atoms with Gasteiger partial charge in [0.2, 0.25) is 17.7 Å². The van der Waals surface area contributed by atoms with Crippen molar-refractivity contribution in [2.24, 2.45) is 13.0 Å². The summed E-state index contributed by atoms with van der Waals surface area (Å²) in [5, 5.41) is 13.0. The Hall–Kier alpha value is -3.73. The molecule has 11 nitrogen and oxygen atoms in total. The lowest BCUT2D eigenvalue weighted by Gasteiger charge is -2.34. The van der Waals surface area contributed by atoms with Crippen molar-refractivity contribution >= 4 is 23.6 Å². The van der Waals surface area contributed by atoms with E-state index in [1.54, 1.807) is 26.2 Å². The van der Waals surface area contributed by atoms with E-state index in [4.69, 9.17) is 0 Å². The molecule has 234 valence electrons. The lowest BCUT2D eigenvalue weighted by Crippen LogP contribution is -2.54. The van der Waals surface area contributed by atoms with Crippen molar-refractivity contribution in [2.45, 2.75) is 76.9 Å². The van der Waals surface area contributed by atoms with Crippen LogP contribution in [0.15, 0.2) is 36.5 Å². The Labute approximate surface area is 254 Å². The molecule has 1 aromatic carbocycles. The third kappa shape index (κ3) is 9.13. The molecular weight excluding hydrogens is 546 g/mol. The number of nitrogens with one attached hydrogen (secondary N) is 3. The zero-order valence-corrected chi connectivity index (χ0v) is 25.8. The summed E-state index contributed by atoms with van der Waals surface area (Å²) in [5.74, 6) is -0.610. The molecule has 1 saturated heterocycles. The maximum atomic E-state index is 13.5. The molecule has 1 saturated carbocycles. The molecular formula is C32H47N7O4. The zero-order chi connectivity index (χ0) is 30.8. The molecule has 2 aromatic rings. The van der Waals surface area contributed by atoms with Gasteiger partial charge >= 0.3 is 0 Å². The number of hydrogen-bond acceptors (Lipinski definition) is 6. The maximum Gasteiger partial charge on any atom is 0.270 e. The van der Waals surface area contributed by atoms with Gasteiger partial charge in [0.25, 0.3) is 5.91 Å². The zero-order valence-electron chi connectivity index (χ0n) is 25.8. The Balaban J connectivity index is 1.38. The molecule has 1 aliphatic carbocycles. The van der Waals surface area contributed by atoms with E-state index in [9.17, 15) is 19.2 Å². The van der Waals surface area contributed by atoms with Crippen LogP contribution in [-0.4, -0.2) is 88.5 Å². The Morgan fingerprint density at radius 1 is 0.884 bits per heavy atom. The molecule has 2 unspecified atom stereocenters. The second-order valence-electron chi connectivity index (χ2n) is 11.9. The van der Waals surface area contributed by atoms with E-state index in [-0.39, 0.29) is 29.5 Å². The van der Waals surface area contributed by atoms with Gasteiger partial charge in [-0.05, 0) is 43.0 Å². The highest BCUT2D eigenvalue weighted by Gasteiger charge is 2.31. The van der Waals surface area contributed by atoms with E-state index < -0.39 is 12.1 Å². The van der Waals surface area contributed by atoms with Crippen molar-refractivity contribution < 1.29 is 19.2 Å². The quantitative estimate of drug-likeness (QED) is 0.342. The largest absolute Gasteiger partial charge is 0.350 e. The van der Waals surface area contributed by atoms with Gasteiger partial charge < -0.3 is 25.8 Å². The van der Waals surface area contributed by atoms with Crippen LogP contribution in [0.5, 0.6) is 0 Å². The van der Waals surface area contributed by atoms with Crippen molar-refractivity contribution in [2.75, 3.05) is 33.2 Å². The molecule has 0 bridgehead atoms. The van der Waals surface area contributed by atoms with E-state index >= 15 is 0 Å². The van der Waals surface area contributed by atoms with Crippen LogP contribution in [0.4, 0.5) is 0 Å². The number of rotatable bonds is 11. The number of amides is 4. The topological polar surface area (TPSA) is 129 Å². The summed E-state index contributed by atoms with van der Waals surface area (Å²) in [4.78, 5) is 56.0. The second-order valence-corrected chi connectivity index (χ2v) is 11.9. The summed E-state index contributed by atoms with van der Waals surface area (Å²) in [6.45, 7) is 5.03. The molecule has 11 heteroatoms. The van der Waals surface area contributed by atoms with Gasteiger partial charge in [0.05, 0.1) is 0 Å². The summed E-state index contributed by atoms with van der Waals surface area (Å²) in [7, 11) is 3.75. The first-order valence-corrected chi connectivity index (χ1v) is 15.7. The summed E-state index contributed by atoms with van der Waals surface area (Å²) in [6, 6.07) is 8.16. The highest BCUT2D eigenvalue weighted by Crippen LogP contribution is 2.26. The molecule has 2 heterocycles. The number of hydrogen-bond donors (Lipinski definition) is 3. The fourth-order valence-electron chi connectivity index (χ4n) is 5.93. The SMILES string of the molecule is CCC(=O)NC(Cc1ccc(CNC(=O)C(NC(=O)c2ccnn2C)C2CCCCCC2)cc1)C(=O)N1CCN(C)CC1. The number of benzene rings is 1. The number of nitrogens with zero attached hydrogens (tertiary/aromatic N) is 4. The monoisotopic (exact) mass is 593 g/mol. The van der Waals surface area contributed by atoms with Crippen molar-refractivity contribution in [3.05, 3.63) is 53.3 Å². The molecule has 4 amide bonds. The van der Waals surface area contributed by atoms with Gasteiger partial charge in [0, 0.05) is 58.8 Å². The maximum absolute atomic E-state index is 13.5. The first kappa shape index (κ1) is 32.2. The fourth-order valence-corrected chi connectivity index (χ4v) is 5.93.